The largest absolute Gasteiger partial charge is 0.494 e. The second kappa shape index (κ2) is 9.00. The number of aromatic nitrogens is 2. The third kappa shape index (κ3) is 3.93. The second-order valence-corrected chi connectivity index (χ2v) is 8.13. The zero-order valence-electron chi connectivity index (χ0n) is 18.6. The minimum Gasteiger partial charge on any atom is -0.494 e. The summed E-state index contributed by atoms with van der Waals surface area (Å²) in [6.07, 6.45) is 2.19. The molecule has 8 heteroatoms. The Balaban J connectivity index is 1.80. The van der Waals surface area contributed by atoms with Crippen LogP contribution in [0.5, 0.6) is 5.75 Å². The van der Waals surface area contributed by atoms with Crippen molar-refractivity contribution < 1.29 is 9.53 Å². The van der Waals surface area contributed by atoms with Crippen LogP contribution in [0.1, 0.15) is 42.5 Å². The van der Waals surface area contributed by atoms with Crippen LogP contribution < -0.4 is 20.3 Å². The number of thiocarbonyl (C=S) groups is 1. The van der Waals surface area contributed by atoms with Crippen LogP contribution in [0.4, 0.5) is 11.4 Å². The van der Waals surface area contributed by atoms with Gasteiger partial charge in [0, 0.05) is 42.8 Å². The highest BCUT2D eigenvalue weighted by Gasteiger charge is 2.42. The highest BCUT2D eigenvalue weighted by molar-refractivity contribution is 7.80. The molecule has 2 atom stereocenters. The zero-order chi connectivity index (χ0) is 22.8. The number of nitrogens with one attached hydrogen (secondary N) is 2. The van der Waals surface area contributed by atoms with Gasteiger partial charge in [0.2, 0.25) is 5.91 Å². The fraction of sp³-hybridized carbons (Fsp3) is 0.292. The summed E-state index contributed by atoms with van der Waals surface area (Å²) in [7, 11) is 3.65. The maximum atomic E-state index is 11.9. The highest BCUT2D eigenvalue weighted by atomic mass is 32.1. The van der Waals surface area contributed by atoms with Gasteiger partial charge < -0.3 is 24.8 Å². The van der Waals surface area contributed by atoms with Crippen LogP contribution in [0.15, 0.2) is 54.7 Å². The Bertz CT molecular complexity index is 1140. The first-order valence-electron chi connectivity index (χ1n) is 10.5. The van der Waals surface area contributed by atoms with Crippen LogP contribution in [0.25, 0.3) is 0 Å². The molecule has 3 aromatic rings. The minimum atomic E-state index is -0.123. The quantitative estimate of drug-likeness (QED) is 0.548. The molecule has 1 amide bonds. The number of aryl methyl sites for hydroxylation is 1. The van der Waals surface area contributed by atoms with Gasteiger partial charge in [-0.05, 0) is 55.5 Å². The highest BCUT2D eigenvalue weighted by Crippen LogP contribution is 2.43. The smallest absolute Gasteiger partial charge is 0.224 e. The number of carbonyl (C=O) groups is 1. The zero-order valence-corrected chi connectivity index (χ0v) is 19.4. The summed E-state index contributed by atoms with van der Waals surface area (Å²) in [5, 5.41) is 6.96. The molecule has 0 aliphatic carbocycles. The summed E-state index contributed by atoms with van der Waals surface area (Å²) < 4.78 is 7.76. The molecule has 2 N–H and O–H groups in total. The topological polar surface area (TPSA) is 71.4 Å². The van der Waals surface area contributed by atoms with E-state index in [9.17, 15) is 4.79 Å². The fourth-order valence-electron chi connectivity index (χ4n) is 4.04. The number of hydrogen-bond acceptors (Lipinski definition) is 4. The van der Waals surface area contributed by atoms with Gasteiger partial charge in [0.25, 0.3) is 0 Å². The number of anilines is 2. The predicted octanol–water partition coefficient (Wildman–Crippen LogP) is 4.26. The fourth-order valence-corrected chi connectivity index (χ4v) is 4.38. The van der Waals surface area contributed by atoms with E-state index in [1.165, 1.54) is 0 Å². The molecule has 7 nitrogen and oxygen atoms in total. The van der Waals surface area contributed by atoms with E-state index in [-0.39, 0.29) is 18.0 Å². The van der Waals surface area contributed by atoms with Crippen LogP contribution >= 0.6 is 12.2 Å². The standard InChI is InChI=1S/C24H27N5O2S/c1-5-21(30)26-17-11-10-16(14-20(17)31-4)29-23(19-12-9-15(2)28(19)3)22(27-24(29)32)18-8-6-7-13-25-18/h6-14,22-23H,5H2,1-4H3,(H,26,30)(H,27,32). The summed E-state index contributed by atoms with van der Waals surface area (Å²) in [6.45, 7) is 3.90. The van der Waals surface area contributed by atoms with E-state index in [1.807, 2.05) is 43.3 Å². The van der Waals surface area contributed by atoms with E-state index in [4.69, 9.17) is 17.0 Å². The molecular weight excluding hydrogens is 422 g/mol. The summed E-state index contributed by atoms with van der Waals surface area (Å²) in [5.74, 6) is 0.511. The van der Waals surface area contributed by atoms with Gasteiger partial charge in [-0.1, -0.05) is 13.0 Å². The SMILES string of the molecule is CCC(=O)Nc1ccc(N2C(=S)NC(c3ccccn3)C2c2ccc(C)n2C)cc1OC. The van der Waals surface area contributed by atoms with Crippen molar-refractivity contribution in [2.45, 2.75) is 32.4 Å². The van der Waals surface area contributed by atoms with Crippen molar-refractivity contribution in [3.63, 3.8) is 0 Å². The van der Waals surface area contributed by atoms with Gasteiger partial charge in [-0.2, -0.15) is 0 Å². The summed E-state index contributed by atoms with van der Waals surface area (Å²) in [6, 6.07) is 15.6. The molecule has 2 aromatic heterocycles. The van der Waals surface area contributed by atoms with Crippen LogP contribution in [-0.2, 0) is 11.8 Å². The van der Waals surface area contributed by atoms with Crippen molar-refractivity contribution >= 4 is 34.6 Å². The van der Waals surface area contributed by atoms with Gasteiger partial charge in [-0.25, -0.2) is 0 Å². The third-order valence-electron chi connectivity index (χ3n) is 5.87. The van der Waals surface area contributed by atoms with E-state index in [0.29, 0.717) is 23.0 Å². The van der Waals surface area contributed by atoms with Crippen LogP contribution in [0.3, 0.4) is 0 Å². The first-order chi connectivity index (χ1) is 15.4. The summed E-state index contributed by atoms with van der Waals surface area (Å²) >= 11 is 5.79. The molecule has 1 aliphatic heterocycles. The molecule has 0 radical (unpaired) electrons. The number of nitrogens with zero attached hydrogens (tertiary/aromatic N) is 3. The lowest BCUT2D eigenvalue weighted by molar-refractivity contribution is -0.115. The lowest BCUT2D eigenvalue weighted by atomic mass is 10.0. The predicted molar refractivity (Wildman–Crippen MR) is 130 cm³/mol. The Labute approximate surface area is 193 Å². The molecule has 1 fully saturated rings. The Kier molecular flexibility index (Phi) is 6.14. The molecular formula is C24H27N5O2S. The number of pyridine rings is 1. The minimum absolute atomic E-state index is 0.0678. The van der Waals surface area contributed by atoms with Crippen molar-refractivity contribution in [1.29, 1.82) is 0 Å². The van der Waals surface area contributed by atoms with Crippen molar-refractivity contribution in [3.8, 4) is 5.75 Å². The normalized spacial score (nSPS) is 17.9. The Morgan fingerprint density at radius 3 is 2.69 bits per heavy atom. The molecule has 4 rings (SSSR count). The average molecular weight is 450 g/mol. The van der Waals surface area contributed by atoms with Crippen LogP contribution in [0.2, 0.25) is 0 Å². The maximum Gasteiger partial charge on any atom is 0.224 e. The van der Waals surface area contributed by atoms with Crippen LogP contribution in [-0.4, -0.2) is 27.7 Å². The van der Waals surface area contributed by atoms with Gasteiger partial charge in [-0.3, -0.25) is 9.78 Å². The van der Waals surface area contributed by atoms with Crippen molar-refractivity contribution in [2.24, 2.45) is 7.05 Å². The molecule has 166 valence electrons. The molecule has 0 spiro atoms. The van der Waals surface area contributed by atoms with Crippen LogP contribution in [0, 0.1) is 6.92 Å². The van der Waals surface area contributed by atoms with Gasteiger partial charge in [-0.15, -0.1) is 0 Å². The van der Waals surface area contributed by atoms with Gasteiger partial charge >= 0.3 is 0 Å². The number of amides is 1. The molecule has 32 heavy (non-hydrogen) atoms. The number of hydrogen-bond donors (Lipinski definition) is 2. The summed E-state index contributed by atoms with van der Waals surface area (Å²) in [5.41, 5.74) is 4.70. The van der Waals surface area contributed by atoms with Gasteiger partial charge in [0.15, 0.2) is 5.11 Å². The number of rotatable bonds is 6. The van der Waals surface area contributed by atoms with E-state index in [0.717, 1.165) is 22.8 Å². The first kappa shape index (κ1) is 21.8. The number of methoxy groups -OCH3 is 1. The van der Waals surface area contributed by atoms with Gasteiger partial charge in [0.1, 0.15) is 11.8 Å². The molecule has 2 unspecified atom stereocenters. The number of carbonyl (C=O) groups excluding carboxylic acids is 1. The van der Waals surface area contributed by atoms with E-state index < -0.39 is 0 Å². The Morgan fingerprint density at radius 2 is 2.06 bits per heavy atom. The van der Waals surface area contributed by atoms with Crippen molar-refractivity contribution in [3.05, 3.63) is 71.8 Å². The van der Waals surface area contributed by atoms with Gasteiger partial charge in [0.05, 0.1) is 24.5 Å². The molecule has 0 bridgehead atoms. The van der Waals surface area contributed by atoms with E-state index in [2.05, 4.69) is 51.2 Å². The number of ether oxygens (including phenoxy) is 1. The Hall–Kier alpha value is -3.39. The molecule has 1 aliphatic rings. The molecule has 0 saturated carbocycles. The second-order valence-electron chi connectivity index (χ2n) is 7.74. The van der Waals surface area contributed by atoms with Crippen molar-refractivity contribution in [1.82, 2.24) is 14.9 Å². The Morgan fingerprint density at radius 1 is 1.25 bits per heavy atom. The number of benzene rings is 1. The molecule has 1 saturated heterocycles. The maximum absolute atomic E-state index is 11.9. The summed E-state index contributed by atoms with van der Waals surface area (Å²) in [4.78, 5) is 18.6. The first-order valence-corrected chi connectivity index (χ1v) is 11.0. The monoisotopic (exact) mass is 449 g/mol. The average Bonchev–Trinajstić information content (AvgIpc) is 3.33. The van der Waals surface area contributed by atoms with E-state index >= 15 is 0 Å². The lowest BCUT2D eigenvalue weighted by Gasteiger charge is -2.29. The lowest BCUT2D eigenvalue weighted by Crippen LogP contribution is -2.30. The molecule has 1 aromatic carbocycles. The molecule has 3 heterocycles. The third-order valence-corrected chi connectivity index (χ3v) is 6.19. The van der Waals surface area contributed by atoms with Crippen molar-refractivity contribution in [2.75, 3.05) is 17.3 Å². The van der Waals surface area contributed by atoms with E-state index in [1.54, 1.807) is 13.3 Å².